The van der Waals surface area contributed by atoms with Crippen LogP contribution in [0, 0.1) is 13.8 Å². The molecule has 0 bridgehead atoms. The van der Waals surface area contributed by atoms with Crippen LogP contribution in [-0.4, -0.2) is 24.1 Å². The molecule has 22 heavy (non-hydrogen) atoms. The summed E-state index contributed by atoms with van der Waals surface area (Å²) in [6, 6.07) is 10.1. The quantitative estimate of drug-likeness (QED) is 0.908. The fourth-order valence-corrected chi connectivity index (χ4v) is 2.29. The molecule has 0 saturated heterocycles. The summed E-state index contributed by atoms with van der Waals surface area (Å²) in [6.45, 7) is 3.51. The highest BCUT2D eigenvalue weighted by atomic mass is 16.5. The van der Waals surface area contributed by atoms with Crippen molar-refractivity contribution < 1.29 is 19.4 Å². The van der Waals surface area contributed by atoms with Crippen LogP contribution in [0.2, 0.25) is 0 Å². The summed E-state index contributed by atoms with van der Waals surface area (Å²) in [7, 11) is 1.51. The molecule has 0 unspecified atom stereocenters. The van der Waals surface area contributed by atoms with Crippen molar-refractivity contribution in [3.8, 4) is 5.75 Å². The normalized spacial score (nSPS) is 10.1. The highest BCUT2D eigenvalue weighted by Gasteiger charge is 2.16. The van der Waals surface area contributed by atoms with Gasteiger partial charge in [0.1, 0.15) is 5.75 Å². The number of hydrogen-bond donors (Lipinski definition) is 2. The van der Waals surface area contributed by atoms with E-state index in [0.717, 1.165) is 5.56 Å². The summed E-state index contributed by atoms with van der Waals surface area (Å²) < 4.78 is 5.27. The first kappa shape index (κ1) is 15.6. The number of amides is 1. The number of carboxylic acid groups (broad SMARTS) is 1. The number of carboxylic acids is 1. The molecule has 1 amide bonds. The molecule has 5 heteroatoms. The molecule has 0 saturated carbocycles. The van der Waals surface area contributed by atoms with Crippen molar-refractivity contribution in [1.29, 1.82) is 0 Å². The molecular formula is C17H17NO4. The second kappa shape index (κ2) is 6.30. The number of benzene rings is 2. The van der Waals surface area contributed by atoms with E-state index in [1.165, 1.54) is 13.2 Å². The van der Waals surface area contributed by atoms with Crippen LogP contribution < -0.4 is 10.1 Å². The Morgan fingerprint density at radius 3 is 2.32 bits per heavy atom. The van der Waals surface area contributed by atoms with E-state index in [1.807, 2.05) is 13.0 Å². The fourth-order valence-electron chi connectivity index (χ4n) is 2.29. The topological polar surface area (TPSA) is 75.6 Å². The predicted octanol–water partition coefficient (Wildman–Crippen LogP) is 3.26. The highest BCUT2D eigenvalue weighted by molar-refractivity contribution is 6.07. The summed E-state index contributed by atoms with van der Waals surface area (Å²) >= 11 is 0. The van der Waals surface area contributed by atoms with Crippen LogP contribution in [0.1, 0.15) is 31.8 Å². The first-order valence-corrected chi connectivity index (χ1v) is 6.73. The summed E-state index contributed by atoms with van der Waals surface area (Å²) in [5.74, 6) is -0.861. The number of ether oxygens (including phenoxy) is 1. The minimum atomic E-state index is -1.03. The Morgan fingerprint density at radius 2 is 1.68 bits per heavy atom. The number of carbonyl (C=O) groups is 2. The molecule has 0 fully saturated rings. The predicted molar refractivity (Wildman–Crippen MR) is 83.8 cm³/mol. The lowest BCUT2D eigenvalue weighted by molar-refractivity contribution is 0.0695. The summed E-state index contributed by atoms with van der Waals surface area (Å²) in [4.78, 5) is 23.6. The zero-order valence-corrected chi connectivity index (χ0v) is 12.6. The molecule has 2 rings (SSSR count). The molecule has 0 heterocycles. The number of hydrogen-bond acceptors (Lipinski definition) is 3. The van der Waals surface area contributed by atoms with Crippen LogP contribution in [0.3, 0.4) is 0 Å². The summed E-state index contributed by atoms with van der Waals surface area (Å²) in [6.07, 6.45) is 0. The molecule has 114 valence electrons. The highest BCUT2D eigenvalue weighted by Crippen LogP contribution is 2.25. The first-order chi connectivity index (χ1) is 10.5. The zero-order chi connectivity index (χ0) is 16.3. The van der Waals surface area contributed by atoms with Gasteiger partial charge in [-0.3, -0.25) is 4.79 Å². The number of carbonyl (C=O) groups excluding carboxylic acids is 1. The SMILES string of the molecule is COc1c(C)cccc1C(=O)Nc1cccc(C(=O)O)c1C. The third kappa shape index (κ3) is 2.93. The van der Waals surface area contributed by atoms with Gasteiger partial charge in [-0.05, 0) is 43.2 Å². The van der Waals surface area contributed by atoms with Crippen LogP contribution in [-0.2, 0) is 0 Å². The van der Waals surface area contributed by atoms with Gasteiger partial charge in [0.15, 0.2) is 0 Å². The average Bonchev–Trinajstić information content (AvgIpc) is 2.48. The van der Waals surface area contributed by atoms with Crippen LogP contribution >= 0.6 is 0 Å². The third-order valence-electron chi connectivity index (χ3n) is 3.47. The van der Waals surface area contributed by atoms with E-state index >= 15 is 0 Å². The summed E-state index contributed by atoms with van der Waals surface area (Å²) in [5, 5.41) is 11.9. The number of para-hydroxylation sites is 1. The van der Waals surface area contributed by atoms with Gasteiger partial charge in [-0.25, -0.2) is 4.79 Å². The number of rotatable bonds is 4. The maximum absolute atomic E-state index is 12.4. The molecule has 2 aromatic carbocycles. The third-order valence-corrected chi connectivity index (χ3v) is 3.47. The van der Waals surface area contributed by atoms with Crippen LogP contribution in [0.4, 0.5) is 5.69 Å². The van der Waals surface area contributed by atoms with Crippen molar-refractivity contribution in [3.63, 3.8) is 0 Å². The lowest BCUT2D eigenvalue weighted by Gasteiger charge is -2.13. The van der Waals surface area contributed by atoms with Crippen molar-refractivity contribution in [2.75, 3.05) is 12.4 Å². The average molecular weight is 299 g/mol. The molecule has 2 N–H and O–H groups in total. The minimum Gasteiger partial charge on any atom is -0.496 e. The first-order valence-electron chi connectivity index (χ1n) is 6.73. The van der Waals surface area contributed by atoms with E-state index in [2.05, 4.69) is 5.32 Å². The monoisotopic (exact) mass is 299 g/mol. The number of methoxy groups -OCH3 is 1. The molecule has 5 nitrogen and oxygen atoms in total. The number of nitrogens with one attached hydrogen (secondary N) is 1. The number of anilines is 1. The van der Waals surface area contributed by atoms with E-state index in [1.54, 1.807) is 31.2 Å². The van der Waals surface area contributed by atoms with E-state index in [4.69, 9.17) is 9.84 Å². The molecular weight excluding hydrogens is 282 g/mol. The molecule has 2 aromatic rings. The van der Waals surface area contributed by atoms with Crippen molar-refractivity contribution >= 4 is 17.6 Å². The van der Waals surface area contributed by atoms with Gasteiger partial charge in [-0.1, -0.05) is 18.2 Å². The largest absolute Gasteiger partial charge is 0.496 e. The van der Waals surface area contributed by atoms with E-state index in [9.17, 15) is 9.59 Å². The number of aromatic carboxylic acids is 1. The molecule has 0 radical (unpaired) electrons. The molecule has 0 aromatic heterocycles. The Kier molecular flexibility index (Phi) is 4.46. The second-order valence-electron chi connectivity index (χ2n) is 4.89. The van der Waals surface area contributed by atoms with Crippen molar-refractivity contribution in [2.45, 2.75) is 13.8 Å². The van der Waals surface area contributed by atoms with Gasteiger partial charge in [0, 0.05) is 5.69 Å². The fraction of sp³-hybridized carbons (Fsp3) is 0.176. The Balaban J connectivity index is 2.36. The van der Waals surface area contributed by atoms with E-state index in [0.29, 0.717) is 22.6 Å². The van der Waals surface area contributed by atoms with Gasteiger partial charge in [-0.2, -0.15) is 0 Å². The Morgan fingerprint density at radius 1 is 1.05 bits per heavy atom. The molecule has 0 atom stereocenters. The van der Waals surface area contributed by atoms with E-state index in [-0.39, 0.29) is 11.5 Å². The van der Waals surface area contributed by atoms with Gasteiger partial charge in [-0.15, -0.1) is 0 Å². The Labute approximate surface area is 128 Å². The van der Waals surface area contributed by atoms with Crippen LogP contribution in [0.15, 0.2) is 36.4 Å². The van der Waals surface area contributed by atoms with E-state index < -0.39 is 5.97 Å². The van der Waals surface area contributed by atoms with Crippen molar-refractivity contribution in [3.05, 3.63) is 58.7 Å². The van der Waals surface area contributed by atoms with Gasteiger partial charge in [0.25, 0.3) is 5.91 Å². The second-order valence-corrected chi connectivity index (χ2v) is 4.89. The standard InChI is InChI=1S/C17H17NO4/c1-10-6-4-8-13(15(10)22-3)16(19)18-14-9-5-7-12(11(14)2)17(20)21/h4-9H,1-3H3,(H,18,19)(H,20,21). The van der Waals surface area contributed by atoms with Crippen molar-refractivity contribution in [1.82, 2.24) is 0 Å². The molecule has 0 spiro atoms. The molecule has 0 aliphatic heterocycles. The lowest BCUT2D eigenvalue weighted by Crippen LogP contribution is -2.15. The smallest absolute Gasteiger partial charge is 0.336 e. The Bertz CT molecular complexity index is 737. The number of aryl methyl sites for hydroxylation is 1. The lowest BCUT2D eigenvalue weighted by atomic mass is 10.1. The van der Waals surface area contributed by atoms with Gasteiger partial charge >= 0.3 is 5.97 Å². The van der Waals surface area contributed by atoms with Gasteiger partial charge < -0.3 is 15.2 Å². The molecule has 0 aliphatic rings. The maximum Gasteiger partial charge on any atom is 0.336 e. The van der Waals surface area contributed by atoms with Crippen LogP contribution in [0.5, 0.6) is 5.75 Å². The maximum atomic E-state index is 12.4. The van der Waals surface area contributed by atoms with Gasteiger partial charge in [0.2, 0.25) is 0 Å². The van der Waals surface area contributed by atoms with Crippen LogP contribution in [0.25, 0.3) is 0 Å². The van der Waals surface area contributed by atoms with Crippen molar-refractivity contribution in [2.24, 2.45) is 0 Å². The molecule has 0 aliphatic carbocycles. The Hall–Kier alpha value is -2.82. The van der Waals surface area contributed by atoms with Gasteiger partial charge in [0.05, 0.1) is 18.2 Å². The zero-order valence-electron chi connectivity index (χ0n) is 12.6. The minimum absolute atomic E-state index is 0.161. The summed E-state index contributed by atoms with van der Waals surface area (Å²) in [5.41, 5.74) is 2.39.